The van der Waals surface area contributed by atoms with Gasteiger partial charge in [-0.15, -0.1) is 0 Å². The fourth-order valence-electron chi connectivity index (χ4n) is 1.66. The van der Waals surface area contributed by atoms with Crippen LogP contribution in [0.5, 0.6) is 0 Å². The summed E-state index contributed by atoms with van der Waals surface area (Å²) >= 11 is 0. The first-order valence-electron chi connectivity index (χ1n) is 5.61. The summed E-state index contributed by atoms with van der Waals surface area (Å²) < 4.78 is 53.3. The highest BCUT2D eigenvalue weighted by Crippen LogP contribution is 2.24. The van der Waals surface area contributed by atoms with Crippen LogP contribution in [0.2, 0.25) is 0 Å². The van der Waals surface area contributed by atoms with E-state index in [4.69, 9.17) is 11.0 Å². The number of halogens is 2. The van der Waals surface area contributed by atoms with Crippen LogP contribution in [0.3, 0.4) is 0 Å². The Hall–Kier alpha value is -2.66. The molecule has 0 aliphatic rings. The predicted molar refractivity (Wildman–Crippen MR) is 72.7 cm³/mol. The zero-order chi connectivity index (χ0) is 15.6. The van der Waals surface area contributed by atoms with E-state index in [-0.39, 0.29) is 11.4 Å². The molecule has 0 bridgehead atoms. The number of nitrogens with zero attached hydrogens (tertiary/aromatic N) is 1. The molecule has 21 heavy (non-hydrogen) atoms. The van der Waals surface area contributed by atoms with Gasteiger partial charge in [0.15, 0.2) is 0 Å². The van der Waals surface area contributed by atoms with Crippen molar-refractivity contribution >= 4 is 21.4 Å². The molecule has 2 rings (SSSR count). The van der Waals surface area contributed by atoms with E-state index in [0.717, 1.165) is 30.3 Å². The molecule has 0 unspecified atom stereocenters. The topological polar surface area (TPSA) is 96.0 Å². The molecule has 3 N–H and O–H groups in total. The molecule has 2 aromatic rings. The number of benzene rings is 2. The van der Waals surface area contributed by atoms with Crippen LogP contribution in [0.1, 0.15) is 5.56 Å². The monoisotopic (exact) mass is 309 g/mol. The summed E-state index contributed by atoms with van der Waals surface area (Å²) in [5.41, 5.74) is 4.57. The molecule has 0 spiro atoms. The van der Waals surface area contributed by atoms with Crippen LogP contribution in [0.4, 0.5) is 20.2 Å². The Morgan fingerprint density at radius 3 is 2.52 bits per heavy atom. The van der Waals surface area contributed by atoms with E-state index in [0.29, 0.717) is 0 Å². The number of nitrogen functional groups attached to an aromatic ring is 1. The molecule has 0 saturated heterocycles. The molecule has 0 aliphatic carbocycles. The van der Waals surface area contributed by atoms with Crippen LogP contribution in [0.25, 0.3) is 0 Å². The van der Waals surface area contributed by atoms with Gasteiger partial charge in [-0.05, 0) is 30.3 Å². The number of rotatable bonds is 3. The van der Waals surface area contributed by atoms with Gasteiger partial charge in [0.2, 0.25) is 0 Å². The van der Waals surface area contributed by atoms with Crippen LogP contribution in [-0.4, -0.2) is 8.42 Å². The second-order valence-corrected chi connectivity index (χ2v) is 5.72. The Morgan fingerprint density at radius 1 is 1.14 bits per heavy atom. The minimum atomic E-state index is -4.33. The van der Waals surface area contributed by atoms with Gasteiger partial charge in [0.05, 0.1) is 5.69 Å². The van der Waals surface area contributed by atoms with Gasteiger partial charge in [0.1, 0.15) is 28.2 Å². The fourth-order valence-corrected chi connectivity index (χ4v) is 2.88. The number of nitrogens with one attached hydrogen (secondary N) is 1. The Bertz CT molecular complexity index is 845. The van der Waals surface area contributed by atoms with Crippen LogP contribution < -0.4 is 10.5 Å². The lowest BCUT2D eigenvalue weighted by molar-refractivity contribution is 0.592. The molecule has 0 saturated carbocycles. The smallest absolute Gasteiger partial charge is 0.263 e. The summed E-state index contributed by atoms with van der Waals surface area (Å²) in [6.07, 6.45) is 0. The lowest BCUT2D eigenvalue weighted by Gasteiger charge is -2.11. The normalized spacial score (nSPS) is 10.9. The molecule has 0 radical (unpaired) electrons. The molecule has 0 heterocycles. The molecular formula is C13H9F2N3O2S. The number of hydrogen-bond acceptors (Lipinski definition) is 4. The lowest BCUT2D eigenvalue weighted by Crippen LogP contribution is -2.16. The van der Waals surface area contributed by atoms with Crippen molar-refractivity contribution in [2.24, 2.45) is 0 Å². The van der Waals surface area contributed by atoms with Gasteiger partial charge in [0, 0.05) is 5.69 Å². The number of hydrogen-bond donors (Lipinski definition) is 2. The summed E-state index contributed by atoms with van der Waals surface area (Å²) in [5, 5.41) is 8.85. The number of sulfonamides is 1. The molecule has 2 aromatic carbocycles. The van der Waals surface area contributed by atoms with Gasteiger partial charge in [-0.3, -0.25) is 4.72 Å². The van der Waals surface area contributed by atoms with E-state index in [1.807, 2.05) is 4.72 Å². The van der Waals surface area contributed by atoms with Crippen molar-refractivity contribution in [2.75, 3.05) is 10.5 Å². The van der Waals surface area contributed by atoms with E-state index in [2.05, 4.69) is 0 Å². The van der Waals surface area contributed by atoms with E-state index in [1.54, 1.807) is 0 Å². The highest BCUT2D eigenvalue weighted by molar-refractivity contribution is 7.92. The van der Waals surface area contributed by atoms with Crippen molar-refractivity contribution in [3.05, 3.63) is 53.6 Å². The van der Waals surface area contributed by atoms with Crippen molar-refractivity contribution in [1.82, 2.24) is 0 Å². The molecule has 0 amide bonds. The van der Waals surface area contributed by atoms with Gasteiger partial charge in [-0.25, -0.2) is 17.2 Å². The van der Waals surface area contributed by atoms with E-state index in [1.165, 1.54) is 12.1 Å². The maximum atomic E-state index is 13.6. The summed E-state index contributed by atoms with van der Waals surface area (Å²) in [6, 6.07) is 7.95. The van der Waals surface area contributed by atoms with Gasteiger partial charge in [-0.1, -0.05) is 6.07 Å². The minimum absolute atomic E-state index is 0.147. The first-order chi connectivity index (χ1) is 9.85. The van der Waals surface area contributed by atoms with Gasteiger partial charge in [-0.2, -0.15) is 5.26 Å². The van der Waals surface area contributed by atoms with Crippen LogP contribution >= 0.6 is 0 Å². The quantitative estimate of drug-likeness (QED) is 0.850. The Labute approximate surface area is 119 Å². The van der Waals surface area contributed by atoms with Crippen molar-refractivity contribution in [2.45, 2.75) is 4.90 Å². The molecule has 0 fully saturated rings. The summed E-state index contributed by atoms with van der Waals surface area (Å²) in [7, 11) is -4.33. The molecule has 5 nitrogen and oxygen atoms in total. The van der Waals surface area contributed by atoms with Gasteiger partial charge >= 0.3 is 0 Å². The minimum Gasteiger partial charge on any atom is -0.399 e. The zero-order valence-electron chi connectivity index (χ0n) is 10.5. The van der Waals surface area contributed by atoms with Crippen molar-refractivity contribution < 1.29 is 17.2 Å². The third kappa shape index (κ3) is 2.93. The van der Waals surface area contributed by atoms with Crippen molar-refractivity contribution in [3.8, 4) is 6.07 Å². The molecule has 0 aromatic heterocycles. The van der Waals surface area contributed by atoms with E-state index in [9.17, 15) is 17.2 Å². The molecule has 108 valence electrons. The van der Waals surface area contributed by atoms with Crippen LogP contribution in [-0.2, 0) is 10.0 Å². The molecule has 8 heteroatoms. The van der Waals surface area contributed by atoms with E-state index < -0.39 is 32.1 Å². The van der Waals surface area contributed by atoms with Crippen molar-refractivity contribution in [1.29, 1.82) is 5.26 Å². The Balaban J connectivity index is 2.52. The SMILES string of the molecule is N#Cc1c(F)cccc1S(=O)(=O)Nc1cc(N)ccc1F. The number of nitrogens with two attached hydrogens (primary N) is 1. The zero-order valence-corrected chi connectivity index (χ0v) is 11.3. The average Bonchev–Trinajstić information content (AvgIpc) is 2.42. The van der Waals surface area contributed by atoms with Gasteiger partial charge in [0.25, 0.3) is 10.0 Å². The van der Waals surface area contributed by atoms with Crippen molar-refractivity contribution in [3.63, 3.8) is 0 Å². The highest BCUT2D eigenvalue weighted by atomic mass is 32.2. The maximum Gasteiger partial charge on any atom is 0.263 e. The predicted octanol–water partition coefficient (Wildman–Crippen LogP) is 2.22. The first-order valence-corrected chi connectivity index (χ1v) is 7.10. The summed E-state index contributed by atoms with van der Waals surface area (Å²) in [6.45, 7) is 0. The third-order valence-corrected chi connectivity index (χ3v) is 4.02. The van der Waals surface area contributed by atoms with E-state index >= 15 is 0 Å². The Kier molecular flexibility index (Phi) is 3.78. The van der Waals surface area contributed by atoms with Crippen LogP contribution in [0, 0.1) is 23.0 Å². The molecular weight excluding hydrogens is 300 g/mol. The average molecular weight is 309 g/mol. The Morgan fingerprint density at radius 2 is 1.86 bits per heavy atom. The number of nitriles is 1. The van der Waals surface area contributed by atoms with Crippen LogP contribution in [0.15, 0.2) is 41.3 Å². The highest BCUT2D eigenvalue weighted by Gasteiger charge is 2.22. The molecule has 0 atom stereocenters. The second-order valence-electron chi connectivity index (χ2n) is 4.07. The fraction of sp³-hybridized carbons (Fsp3) is 0. The van der Waals surface area contributed by atoms with Gasteiger partial charge < -0.3 is 5.73 Å². The number of anilines is 2. The summed E-state index contributed by atoms with van der Waals surface area (Å²) in [4.78, 5) is -0.577. The maximum absolute atomic E-state index is 13.6. The first kappa shape index (κ1) is 14.7. The largest absolute Gasteiger partial charge is 0.399 e. The standard InChI is InChI=1S/C13H9F2N3O2S/c14-10-2-1-3-13(9(10)7-16)21(19,20)18-12-6-8(17)4-5-11(12)15/h1-6,18H,17H2. The summed E-state index contributed by atoms with van der Waals surface area (Å²) in [5.74, 6) is -1.82. The second kappa shape index (κ2) is 5.38. The lowest BCUT2D eigenvalue weighted by atomic mass is 10.2. The molecule has 0 aliphatic heterocycles. The third-order valence-electron chi connectivity index (χ3n) is 2.61.